The molecule has 5 aromatic heterocycles. The van der Waals surface area contributed by atoms with E-state index in [1.54, 1.807) is 17.2 Å². The minimum absolute atomic E-state index is 0.179. The van der Waals surface area contributed by atoms with Crippen molar-refractivity contribution in [1.82, 2.24) is 39.2 Å². The molecule has 6 heterocycles. The average molecular weight is 469 g/mol. The lowest BCUT2D eigenvalue weighted by Crippen LogP contribution is -2.41. The number of aromatic nitrogens is 7. The van der Waals surface area contributed by atoms with Crippen molar-refractivity contribution in [3.05, 3.63) is 77.2 Å². The number of rotatable bonds is 4. The third kappa shape index (κ3) is 3.20. The largest absolute Gasteiger partial charge is 0.430 e. The van der Waals surface area contributed by atoms with Gasteiger partial charge in [0.15, 0.2) is 0 Å². The Hall–Kier alpha value is -4.21. The minimum Gasteiger partial charge on any atom is -0.430 e. The summed E-state index contributed by atoms with van der Waals surface area (Å²) in [5.41, 5.74) is 6.26. The van der Waals surface area contributed by atoms with Gasteiger partial charge < -0.3 is 14.3 Å². The summed E-state index contributed by atoms with van der Waals surface area (Å²) in [5.74, 6) is 0.822. The van der Waals surface area contributed by atoms with Gasteiger partial charge >= 0.3 is 0 Å². The number of oxazole rings is 1. The molecule has 10 nitrogen and oxygen atoms in total. The van der Waals surface area contributed by atoms with E-state index in [0.29, 0.717) is 24.6 Å². The highest BCUT2D eigenvalue weighted by Crippen LogP contribution is 2.44. The van der Waals surface area contributed by atoms with E-state index >= 15 is 0 Å². The number of pyridine rings is 1. The molecule has 1 aliphatic heterocycles. The number of carbonyl (C=O) groups excluding carboxylic acids is 1. The quantitative estimate of drug-likeness (QED) is 0.433. The summed E-state index contributed by atoms with van der Waals surface area (Å²) >= 11 is 0. The molecule has 0 spiro atoms. The maximum Gasteiger partial charge on any atom is 0.292 e. The number of hydrogen-bond donors (Lipinski definition) is 1. The zero-order chi connectivity index (χ0) is 23.7. The number of nitrogens with zero attached hydrogens (tertiary/aromatic N) is 7. The average Bonchev–Trinajstić information content (AvgIpc) is 3.26. The van der Waals surface area contributed by atoms with Crippen LogP contribution in [-0.2, 0) is 13.5 Å². The molecule has 1 amide bonds. The van der Waals surface area contributed by atoms with Crippen LogP contribution in [0.4, 0.5) is 0 Å². The van der Waals surface area contributed by atoms with Crippen LogP contribution in [0.15, 0.2) is 47.5 Å². The molecule has 1 atom stereocenters. The van der Waals surface area contributed by atoms with Crippen molar-refractivity contribution < 1.29 is 9.21 Å². The van der Waals surface area contributed by atoms with E-state index in [1.165, 1.54) is 0 Å². The molecule has 0 aromatic carbocycles. The van der Waals surface area contributed by atoms with Crippen molar-refractivity contribution >= 4 is 11.4 Å². The molecular weight excluding hydrogens is 444 g/mol. The van der Waals surface area contributed by atoms with E-state index < -0.39 is 6.04 Å². The van der Waals surface area contributed by atoms with Crippen molar-refractivity contribution in [2.24, 2.45) is 7.05 Å². The van der Waals surface area contributed by atoms with Gasteiger partial charge in [-0.15, -0.1) is 0 Å². The summed E-state index contributed by atoms with van der Waals surface area (Å²) in [4.78, 5) is 28.5. The number of fused-ring (bicyclic) bond motifs is 2. The number of aromatic amines is 1. The molecule has 0 radical (unpaired) electrons. The number of aryl methyl sites for hydroxylation is 2. The van der Waals surface area contributed by atoms with Crippen molar-refractivity contribution in [2.45, 2.75) is 38.1 Å². The third-order valence-corrected chi connectivity index (χ3v) is 6.96. The van der Waals surface area contributed by atoms with Gasteiger partial charge in [-0.2, -0.15) is 10.2 Å². The first kappa shape index (κ1) is 20.2. The van der Waals surface area contributed by atoms with Crippen LogP contribution in [0, 0.1) is 6.92 Å². The molecular formula is C25H24N8O2. The number of carbonyl (C=O) groups is 1. The van der Waals surface area contributed by atoms with Crippen molar-refractivity contribution in [3.8, 4) is 11.5 Å². The molecule has 1 saturated carbocycles. The van der Waals surface area contributed by atoms with E-state index in [-0.39, 0.29) is 11.8 Å². The fraction of sp³-hybridized carbons (Fsp3) is 0.320. The summed E-state index contributed by atoms with van der Waals surface area (Å²) in [6.45, 7) is 2.58. The first-order valence-electron chi connectivity index (χ1n) is 11.8. The number of nitrogens with one attached hydrogen (secondary N) is 1. The topological polar surface area (TPSA) is 110 Å². The molecule has 35 heavy (non-hydrogen) atoms. The predicted octanol–water partition coefficient (Wildman–Crippen LogP) is 3.42. The smallest absolute Gasteiger partial charge is 0.292 e. The zero-order valence-electron chi connectivity index (χ0n) is 19.5. The molecule has 176 valence electrons. The molecule has 10 heteroatoms. The highest BCUT2D eigenvalue weighted by Gasteiger charge is 2.41. The van der Waals surface area contributed by atoms with Gasteiger partial charge in [0.2, 0.25) is 11.7 Å². The molecule has 0 saturated heterocycles. The molecule has 1 N–H and O–H groups in total. The highest BCUT2D eigenvalue weighted by atomic mass is 16.4. The van der Waals surface area contributed by atoms with E-state index in [4.69, 9.17) is 14.5 Å². The normalized spacial score (nSPS) is 17.8. The van der Waals surface area contributed by atoms with E-state index in [1.807, 2.05) is 41.0 Å². The Morgan fingerprint density at radius 3 is 2.91 bits per heavy atom. The maximum atomic E-state index is 14.1. The van der Waals surface area contributed by atoms with E-state index in [0.717, 1.165) is 52.3 Å². The van der Waals surface area contributed by atoms with Gasteiger partial charge in [0.25, 0.3) is 5.91 Å². The number of hydrogen-bond acceptors (Lipinski definition) is 6. The van der Waals surface area contributed by atoms with Crippen molar-refractivity contribution in [1.29, 1.82) is 0 Å². The fourth-order valence-corrected chi connectivity index (χ4v) is 5.01. The number of H-pyrrole nitrogens is 1. The standard InChI is InChI=1S/C25H24N8O2/c1-14-4-3-8-33-19(14)10-18(30-33)22-21-17(26-13-27-21)7-9-32(22)25(34)23-20(15-5-6-15)29-24(35-23)16-11-28-31(2)12-16/h3-4,8,10-13,15,22H,5-7,9H2,1-2H3,(H,26,27)/t22-/m1/s1. The maximum absolute atomic E-state index is 14.1. The van der Waals surface area contributed by atoms with Gasteiger partial charge in [0.05, 0.1) is 40.7 Å². The summed E-state index contributed by atoms with van der Waals surface area (Å²) in [6, 6.07) is 5.66. The first-order valence-corrected chi connectivity index (χ1v) is 11.8. The summed E-state index contributed by atoms with van der Waals surface area (Å²) < 4.78 is 9.71. The van der Waals surface area contributed by atoms with Gasteiger partial charge in [-0.3, -0.25) is 9.48 Å². The SMILES string of the molecule is Cc1cccn2nc([C@@H]3c4nc[nH]c4CCN3C(=O)c3oc(-c4cnn(C)c4)nc3C3CC3)cc12. The Morgan fingerprint density at radius 2 is 2.14 bits per heavy atom. The summed E-state index contributed by atoms with van der Waals surface area (Å²) in [7, 11) is 1.84. The molecule has 7 rings (SSSR count). The van der Waals surface area contributed by atoms with Gasteiger partial charge in [-0.05, 0) is 37.5 Å². The predicted molar refractivity (Wildman–Crippen MR) is 126 cm³/mol. The van der Waals surface area contributed by atoms with Gasteiger partial charge in [-0.1, -0.05) is 6.07 Å². The molecule has 2 aliphatic rings. The van der Waals surface area contributed by atoms with Crippen LogP contribution in [0.2, 0.25) is 0 Å². The second kappa shape index (κ2) is 7.39. The van der Waals surface area contributed by atoms with Gasteiger partial charge in [0.1, 0.15) is 6.04 Å². The number of imidazole rings is 1. The molecule has 5 aromatic rings. The van der Waals surface area contributed by atoms with Crippen LogP contribution in [-0.4, -0.2) is 51.7 Å². The lowest BCUT2D eigenvalue weighted by Gasteiger charge is -2.33. The number of amides is 1. The Bertz CT molecular complexity index is 1580. The third-order valence-electron chi connectivity index (χ3n) is 6.96. The Labute approximate surface area is 200 Å². The summed E-state index contributed by atoms with van der Waals surface area (Å²) in [6.07, 6.45) is 9.87. The van der Waals surface area contributed by atoms with E-state index in [9.17, 15) is 4.79 Å². The monoisotopic (exact) mass is 468 g/mol. The van der Waals surface area contributed by atoms with E-state index in [2.05, 4.69) is 28.1 Å². The Morgan fingerprint density at radius 1 is 1.26 bits per heavy atom. The first-order chi connectivity index (χ1) is 17.1. The van der Waals surface area contributed by atoms with Crippen LogP contribution in [0.3, 0.4) is 0 Å². The van der Waals surface area contributed by atoms with Crippen molar-refractivity contribution in [3.63, 3.8) is 0 Å². The zero-order valence-corrected chi connectivity index (χ0v) is 19.5. The lowest BCUT2D eigenvalue weighted by molar-refractivity contribution is 0.0653. The Kier molecular flexibility index (Phi) is 4.26. The van der Waals surface area contributed by atoms with Crippen LogP contribution in [0.1, 0.15) is 63.7 Å². The van der Waals surface area contributed by atoms with Crippen LogP contribution in [0.5, 0.6) is 0 Å². The molecule has 0 bridgehead atoms. The lowest BCUT2D eigenvalue weighted by atomic mass is 9.99. The fourth-order valence-electron chi connectivity index (χ4n) is 5.01. The second-order valence-electron chi connectivity index (χ2n) is 9.42. The van der Waals surface area contributed by atoms with Gasteiger partial charge in [-0.25, -0.2) is 14.5 Å². The molecule has 1 aliphatic carbocycles. The van der Waals surface area contributed by atoms with Crippen LogP contribution in [0.25, 0.3) is 17.0 Å². The molecule has 0 unspecified atom stereocenters. The van der Waals surface area contributed by atoms with Crippen LogP contribution < -0.4 is 0 Å². The van der Waals surface area contributed by atoms with Crippen molar-refractivity contribution in [2.75, 3.05) is 6.54 Å². The highest BCUT2D eigenvalue weighted by molar-refractivity contribution is 5.94. The molecule has 1 fully saturated rings. The van der Waals surface area contributed by atoms with Crippen LogP contribution >= 0.6 is 0 Å². The van der Waals surface area contributed by atoms with Gasteiger partial charge in [0, 0.05) is 44.0 Å². The second-order valence-corrected chi connectivity index (χ2v) is 9.42. The summed E-state index contributed by atoms with van der Waals surface area (Å²) in [5, 5.41) is 9.06. The Balaban J connectivity index is 1.33. The minimum atomic E-state index is -0.421.